The molecule has 0 atom stereocenters. The maximum atomic E-state index is 11.9. The Morgan fingerprint density at radius 3 is 2.68 bits per heavy atom. The SMILES string of the molecule is Cc1noc(N)c1C(=O)OCc1cc(-c2ccccc2)no1. The standard InChI is InChI=1S/C15H13N3O4/c1-9-13(14(16)22-17-9)15(19)20-8-11-7-12(18-21-11)10-5-3-2-4-6-10/h2-7H,8,16H2,1H3. The number of ether oxygens (including phenoxy) is 1. The maximum absolute atomic E-state index is 11.9. The Kier molecular flexibility index (Phi) is 3.61. The van der Waals surface area contributed by atoms with E-state index in [4.69, 9.17) is 19.5 Å². The molecule has 112 valence electrons. The molecule has 3 rings (SSSR count). The molecule has 0 fully saturated rings. The zero-order valence-corrected chi connectivity index (χ0v) is 11.8. The number of anilines is 1. The van der Waals surface area contributed by atoms with E-state index >= 15 is 0 Å². The van der Waals surface area contributed by atoms with E-state index in [1.165, 1.54) is 0 Å². The van der Waals surface area contributed by atoms with Gasteiger partial charge in [0, 0.05) is 11.6 Å². The quantitative estimate of drug-likeness (QED) is 0.738. The first-order chi connectivity index (χ1) is 10.6. The summed E-state index contributed by atoms with van der Waals surface area (Å²) in [5, 5.41) is 7.54. The maximum Gasteiger partial charge on any atom is 0.346 e. The van der Waals surface area contributed by atoms with Gasteiger partial charge in [-0.1, -0.05) is 40.6 Å². The van der Waals surface area contributed by atoms with Crippen LogP contribution in [0.4, 0.5) is 5.88 Å². The molecule has 0 saturated heterocycles. The van der Waals surface area contributed by atoms with Crippen LogP contribution in [0.15, 0.2) is 45.4 Å². The van der Waals surface area contributed by atoms with Crippen LogP contribution >= 0.6 is 0 Å². The van der Waals surface area contributed by atoms with Crippen LogP contribution in [-0.2, 0) is 11.3 Å². The van der Waals surface area contributed by atoms with Gasteiger partial charge in [0.1, 0.15) is 11.3 Å². The fraction of sp³-hybridized carbons (Fsp3) is 0.133. The Hall–Kier alpha value is -3.09. The second kappa shape index (κ2) is 5.72. The largest absolute Gasteiger partial charge is 0.454 e. The van der Waals surface area contributed by atoms with Crippen LogP contribution in [0.5, 0.6) is 0 Å². The number of rotatable bonds is 4. The molecule has 0 unspecified atom stereocenters. The lowest BCUT2D eigenvalue weighted by Crippen LogP contribution is -2.07. The first-order valence-electron chi connectivity index (χ1n) is 6.55. The van der Waals surface area contributed by atoms with E-state index in [1.54, 1.807) is 13.0 Å². The van der Waals surface area contributed by atoms with Crippen molar-refractivity contribution in [3.63, 3.8) is 0 Å². The fourth-order valence-corrected chi connectivity index (χ4v) is 1.97. The zero-order valence-electron chi connectivity index (χ0n) is 11.8. The predicted octanol–water partition coefficient (Wildman–Crippen LogP) is 2.58. The normalized spacial score (nSPS) is 10.6. The van der Waals surface area contributed by atoms with Crippen LogP contribution in [0.1, 0.15) is 21.8 Å². The monoisotopic (exact) mass is 299 g/mol. The van der Waals surface area contributed by atoms with Crippen molar-refractivity contribution in [1.29, 1.82) is 0 Å². The summed E-state index contributed by atoms with van der Waals surface area (Å²) >= 11 is 0. The van der Waals surface area contributed by atoms with Crippen molar-refractivity contribution in [3.8, 4) is 11.3 Å². The van der Waals surface area contributed by atoms with Crippen LogP contribution in [0, 0.1) is 6.92 Å². The number of carbonyl (C=O) groups excluding carboxylic acids is 1. The third-order valence-corrected chi connectivity index (χ3v) is 3.07. The highest BCUT2D eigenvalue weighted by Crippen LogP contribution is 2.20. The highest BCUT2D eigenvalue weighted by molar-refractivity contribution is 5.94. The van der Waals surface area contributed by atoms with Crippen molar-refractivity contribution < 1.29 is 18.6 Å². The van der Waals surface area contributed by atoms with E-state index in [1.807, 2.05) is 30.3 Å². The van der Waals surface area contributed by atoms with Crippen molar-refractivity contribution in [2.75, 3.05) is 5.73 Å². The summed E-state index contributed by atoms with van der Waals surface area (Å²) in [7, 11) is 0. The summed E-state index contributed by atoms with van der Waals surface area (Å²) in [4.78, 5) is 11.9. The molecule has 2 heterocycles. The van der Waals surface area contributed by atoms with E-state index < -0.39 is 5.97 Å². The summed E-state index contributed by atoms with van der Waals surface area (Å²) in [6.07, 6.45) is 0. The zero-order chi connectivity index (χ0) is 15.5. The van der Waals surface area contributed by atoms with Gasteiger partial charge in [-0.05, 0) is 6.92 Å². The van der Waals surface area contributed by atoms with Crippen molar-refractivity contribution in [2.45, 2.75) is 13.5 Å². The van der Waals surface area contributed by atoms with Gasteiger partial charge in [0.15, 0.2) is 12.4 Å². The highest BCUT2D eigenvalue weighted by Gasteiger charge is 2.20. The van der Waals surface area contributed by atoms with Gasteiger partial charge in [0.05, 0.1) is 5.69 Å². The third kappa shape index (κ3) is 2.69. The van der Waals surface area contributed by atoms with Gasteiger partial charge in [-0.15, -0.1) is 0 Å². The number of hydrogen-bond donors (Lipinski definition) is 1. The molecule has 1 aromatic carbocycles. The third-order valence-electron chi connectivity index (χ3n) is 3.07. The number of aryl methyl sites for hydroxylation is 1. The topological polar surface area (TPSA) is 104 Å². The van der Waals surface area contributed by atoms with Crippen LogP contribution in [0.3, 0.4) is 0 Å². The molecule has 0 saturated carbocycles. The second-order valence-electron chi connectivity index (χ2n) is 4.63. The molecule has 0 aliphatic carbocycles. The average molecular weight is 299 g/mol. The Bertz CT molecular complexity index is 773. The van der Waals surface area contributed by atoms with Gasteiger partial charge in [-0.2, -0.15) is 0 Å². The number of nitrogen functional groups attached to an aromatic ring is 1. The van der Waals surface area contributed by atoms with Crippen molar-refractivity contribution >= 4 is 11.9 Å². The van der Waals surface area contributed by atoms with Gasteiger partial charge in [0.25, 0.3) is 0 Å². The highest BCUT2D eigenvalue weighted by atomic mass is 16.6. The van der Waals surface area contributed by atoms with Crippen molar-refractivity contribution in [1.82, 2.24) is 10.3 Å². The molecule has 0 aliphatic heterocycles. The Labute approximate surface area is 125 Å². The smallest absolute Gasteiger partial charge is 0.346 e. The number of esters is 1. The predicted molar refractivity (Wildman–Crippen MR) is 76.7 cm³/mol. The first-order valence-corrected chi connectivity index (χ1v) is 6.55. The van der Waals surface area contributed by atoms with Gasteiger partial charge in [0.2, 0.25) is 5.88 Å². The Balaban J connectivity index is 1.68. The number of nitrogens with two attached hydrogens (primary N) is 1. The summed E-state index contributed by atoms with van der Waals surface area (Å²) < 4.78 is 15.0. The number of carbonyl (C=O) groups is 1. The molecule has 0 bridgehead atoms. The number of hydrogen-bond acceptors (Lipinski definition) is 7. The fourth-order valence-electron chi connectivity index (χ4n) is 1.97. The minimum atomic E-state index is -0.617. The van der Waals surface area contributed by atoms with Crippen LogP contribution in [0.25, 0.3) is 11.3 Å². The molecule has 0 spiro atoms. The molecular weight excluding hydrogens is 286 g/mol. The minimum absolute atomic E-state index is 0.0529. The number of nitrogens with zero attached hydrogens (tertiary/aromatic N) is 2. The average Bonchev–Trinajstić information content (AvgIpc) is 3.13. The van der Waals surface area contributed by atoms with Gasteiger partial charge < -0.3 is 19.5 Å². The lowest BCUT2D eigenvalue weighted by atomic mass is 10.1. The van der Waals surface area contributed by atoms with E-state index in [9.17, 15) is 4.79 Å². The molecule has 0 aliphatic rings. The molecular formula is C15H13N3O4. The van der Waals surface area contributed by atoms with Crippen molar-refractivity contribution in [2.24, 2.45) is 0 Å². The van der Waals surface area contributed by atoms with Crippen LogP contribution in [0.2, 0.25) is 0 Å². The van der Waals surface area contributed by atoms with Crippen molar-refractivity contribution in [3.05, 3.63) is 53.4 Å². The molecule has 2 aromatic heterocycles. The lowest BCUT2D eigenvalue weighted by Gasteiger charge is -2.00. The lowest BCUT2D eigenvalue weighted by molar-refractivity contribution is 0.0437. The second-order valence-corrected chi connectivity index (χ2v) is 4.63. The van der Waals surface area contributed by atoms with E-state index in [-0.39, 0.29) is 18.1 Å². The van der Waals surface area contributed by atoms with E-state index in [0.717, 1.165) is 5.56 Å². The first kappa shape index (κ1) is 13.9. The van der Waals surface area contributed by atoms with E-state index in [0.29, 0.717) is 17.1 Å². The molecule has 3 aromatic rings. The number of benzene rings is 1. The molecule has 0 radical (unpaired) electrons. The Morgan fingerprint density at radius 2 is 2.00 bits per heavy atom. The summed E-state index contributed by atoms with van der Waals surface area (Å²) in [5.74, 6) is -0.251. The summed E-state index contributed by atoms with van der Waals surface area (Å²) in [6, 6.07) is 11.3. The van der Waals surface area contributed by atoms with Gasteiger partial charge in [-0.25, -0.2) is 4.79 Å². The number of aromatic nitrogens is 2. The van der Waals surface area contributed by atoms with Gasteiger partial charge in [-0.3, -0.25) is 0 Å². The minimum Gasteiger partial charge on any atom is -0.454 e. The molecule has 0 amide bonds. The molecule has 7 nitrogen and oxygen atoms in total. The van der Waals surface area contributed by atoms with E-state index in [2.05, 4.69) is 10.3 Å². The molecule has 7 heteroatoms. The van der Waals surface area contributed by atoms with Crippen LogP contribution < -0.4 is 5.73 Å². The molecule has 22 heavy (non-hydrogen) atoms. The van der Waals surface area contributed by atoms with Crippen LogP contribution in [-0.4, -0.2) is 16.3 Å². The Morgan fingerprint density at radius 1 is 1.23 bits per heavy atom. The summed E-state index contributed by atoms with van der Waals surface area (Å²) in [6.45, 7) is 1.56. The summed E-state index contributed by atoms with van der Waals surface area (Å²) in [5.41, 5.74) is 7.63. The molecule has 2 N–H and O–H groups in total. The van der Waals surface area contributed by atoms with Gasteiger partial charge >= 0.3 is 5.97 Å².